The maximum Gasteiger partial charge on any atom is 0.307 e. The van der Waals surface area contributed by atoms with Crippen LogP contribution in [0.5, 0.6) is 0 Å². The first kappa shape index (κ1) is 18.4. The van der Waals surface area contributed by atoms with Crippen LogP contribution in [0.15, 0.2) is 54.7 Å². The molecular weight excluding hydrogens is 374 g/mol. The number of halogens is 1. The van der Waals surface area contributed by atoms with Gasteiger partial charge in [0.15, 0.2) is 0 Å². The Morgan fingerprint density at radius 2 is 2.11 bits per heavy atom. The second-order valence-corrected chi connectivity index (χ2v) is 7.53. The second kappa shape index (κ2) is 7.60. The summed E-state index contributed by atoms with van der Waals surface area (Å²) in [6, 6.07) is 15.8. The normalized spacial score (nSPS) is 17.9. The summed E-state index contributed by atoms with van der Waals surface area (Å²) >= 11 is 6.24. The first-order chi connectivity index (χ1) is 13.5. The standard InChI is InChI=1S/C22H20ClN3O2/c1-13-3-2-4-14(9-13)11-24-20-8-5-15(12-25-20)19-7-6-18(23)21(26-19)16-10-17(16)22(27)28/h2-9,12,16-17H,10-11H2,1H3,(H,24,25)(H,27,28)/t16-,17-/m1/s1. The average Bonchev–Trinajstić information content (AvgIpc) is 3.48. The maximum atomic E-state index is 11.1. The molecule has 2 N–H and O–H groups in total. The Morgan fingerprint density at radius 1 is 1.25 bits per heavy atom. The lowest BCUT2D eigenvalue weighted by Crippen LogP contribution is -2.02. The van der Waals surface area contributed by atoms with E-state index in [2.05, 4.69) is 40.4 Å². The molecule has 0 bridgehead atoms. The fraction of sp³-hybridized carbons (Fsp3) is 0.227. The minimum absolute atomic E-state index is 0.104. The third-order valence-corrected chi connectivity index (χ3v) is 5.27. The topological polar surface area (TPSA) is 75.1 Å². The van der Waals surface area contributed by atoms with E-state index >= 15 is 0 Å². The smallest absolute Gasteiger partial charge is 0.307 e. The van der Waals surface area contributed by atoms with Crippen LogP contribution in [0.1, 0.15) is 29.2 Å². The Balaban J connectivity index is 1.47. The molecule has 0 radical (unpaired) electrons. The van der Waals surface area contributed by atoms with Crippen molar-refractivity contribution in [3.05, 3.63) is 76.6 Å². The summed E-state index contributed by atoms with van der Waals surface area (Å²) in [5.41, 5.74) is 4.70. The van der Waals surface area contributed by atoms with E-state index in [0.29, 0.717) is 23.7 Å². The molecule has 3 aromatic rings. The van der Waals surface area contributed by atoms with E-state index in [9.17, 15) is 4.79 Å². The number of rotatable bonds is 6. The van der Waals surface area contributed by atoms with Crippen molar-refractivity contribution < 1.29 is 9.90 Å². The number of nitrogens with zero attached hydrogens (tertiary/aromatic N) is 2. The van der Waals surface area contributed by atoms with Crippen LogP contribution >= 0.6 is 11.6 Å². The van der Waals surface area contributed by atoms with Gasteiger partial charge in [0.05, 0.1) is 22.3 Å². The number of aryl methyl sites for hydroxylation is 1. The van der Waals surface area contributed by atoms with Gasteiger partial charge in [-0.15, -0.1) is 0 Å². The number of carbonyl (C=O) groups is 1. The molecule has 2 atom stereocenters. The Bertz CT molecular complexity index is 1020. The zero-order valence-electron chi connectivity index (χ0n) is 15.4. The van der Waals surface area contributed by atoms with Crippen LogP contribution in [0, 0.1) is 12.8 Å². The van der Waals surface area contributed by atoms with Gasteiger partial charge in [0.2, 0.25) is 0 Å². The van der Waals surface area contributed by atoms with Crippen LogP contribution in [0.2, 0.25) is 5.02 Å². The fourth-order valence-corrected chi connectivity index (χ4v) is 3.56. The molecule has 5 nitrogen and oxygen atoms in total. The molecule has 2 heterocycles. The maximum absolute atomic E-state index is 11.1. The fourth-order valence-electron chi connectivity index (χ4n) is 3.31. The number of nitrogens with one attached hydrogen (secondary N) is 1. The highest BCUT2D eigenvalue weighted by atomic mass is 35.5. The molecule has 142 valence electrons. The molecule has 28 heavy (non-hydrogen) atoms. The van der Waals surface area contributed by atoms with Gasteiger partial charge in [-0.1, -0.05) is 41.4 Å². The summed E-state index contributed by atoms with van der Waals surface area (Å²) in [7, 11) is 0. The molecule has 1 aliphatic carbocycles. The van der Waals surface area contributed by atoms with E-state index in [4.69, 9.17) is 16.7 Å². The molecule has 1 fully saturated rings. The van der Waals surface area contributed by atoms with Crippen molar-refractivity contribution in [3.8, 4) is 11.3 Å². The van der Waals surface area contributed by atoms with Crippen molar-refractivity contribution in [1.82, 2.24) is 9.97 Å². The molecule has 4 rings (SSSR count). The number of anilines is 1. The number of carboxylic acids is 1. The third kappa shape index (κ3) is 3.99. The lowest BCUT2D eigenvalue weighted by atomic mass is 10.1. The van der Waals surface area contributed by atoms with Crippen LogP contribution in [0.4, 0.5) is 5.82 Å². The average molecular weight is 394 g/mol. The highest BCUT2D eigenvalue weighted by Gasteiger charge is 2.46. The molecule has 0 amide bonds. The number of benzene rings is 1. The SMILES string of the molecule is Cc1cccc(CNc2ccc(-c3ccc(Cl)c([C@@H]4C[C@H]4C(=O)O)n3)cn2)c1. The summed E-state index contributed by atoms with van der Waals surface area (Å²) < 4.78 is 0. The zero-order chi connectivity index (χ0) is 19.7. The van der Waals surface area contributed by atoms with Crippen molar-refractivity contribution in [2.75, 3.05) is 5.32 Å². The van der Waals surface area contributed by atoms with Gasteiger partial charge >= 0.3 is 5.97 Å². The van der Waals surface area contributed by atoms with Gasteiger partial charge in [-0.25, -0.2) is 4.98 Å². The van der Waals surface area contributed by atoms with Gasteiger partial charge in [0.1, 0.15) is 5.82 Å². The van der Waals surface area contributed by atoms with E-state index in [1.807, 2.05) is 24.3 Å². The monoisotopic (exact) mass is 393 g/mol. The number of pyridine rings is 2. The summed E-state index contributed by atoms with van der Waals surface area (Å²) in [5, 5.41) is 13.0. The number of hydrogen-bond acceptors (Lipinski definition) is 4. The summed E-state index contributed by atoms with van der Waals surface area (Å²) in [4.78, 5) is 20.2. The summed E-state index contributed by atoms with van der Waals surface area (Å²) in [6.45, 7) is 2.78. The van der Waals surface area contributed by atoms with Gasteiger partial charge < -0.3 is 10.4 Å². The Hall–Kier alpha value is -2.92. The Labute approximate surface area is 168 Å². The van der Waals surface area contributed by atoms with E-state index in [1.165, 1.54) is 11.1 Å². The van der Waals surface area contributed by atoms with Crippen LogP contribution in [-0.2, 0) is 11.3 Å². The largest absolute Gasteiger partial charge is 0.481 e. The molecule has 0 spiro atoms. The van der Waals surface area contributed by atoms with Crippen molar-refractivity contribution in [3.63, 3.8) is 0 Å². The van der Waals surface area contributed by atoms with Crippen molar-refractivity contribution in [2.45, 2.75) is 25.8 Å². The predicted octanol–water partition coefficient (Wildman–Crippen LogP) is 4.91. The molecule has 1 saturated carbocycles. The molecule has 2 aromatic heterocycles. The van der Waals surface area contributed by atoms with Gasteiger partial charge in [-0.05, 0) is 43.2 Å². The van der Waals surface area contributed by atoms with Crippen molar-refractivity contribution in [1.29, 1.82) is 0 Å². The van der Waals surface area contributed by atoms with Crippen LogP contribution < -0.4 is 5.32 Å². The minimum atomic E-state index is -0.793. The van der Waals surface area contributed by atoms with Crippen LogP contribution in [-0.4, -0.2) is 21.0 Å². The molecular formula is C22H20ClN3O2. The molecule has 6 heteroatoms. The minimum Gasteiger partial charge on any atom is -0.481 e. The van der Waals surface area contributed by atoms with Gasteiger partial charge in [-0.3, -0.25) is 9.78 Å². The number of hydrogen-bond donors (Lipinski definition) is 2. The lowest BCUT2D eigenvalue weighted by molar-refractivity contribution is -0.138. The first-order valence-electron chi connectivity index (χ1n) is 9.16. The van der Waals surface area contributed by atoms with E-state index in [-0.39, 0.29) is 11.8 Å². The molecule has 0 aliphatic heterocycles. The van der Waals surface area contributed by atoms with Crippen molar-refractivity contribution in [2.24, 2.45) is 5.92 Å². The number of aromatic nitrogens is 2. The van der Waals surface area contributed by atoms with Crippen LogP contribution in [0.25, 0.3) is 11.3 Å². The summed E-state index contributed by atoms with van der Waals surface area (Å²) in [6.07, 6.45) is 2.35. The van der Waals surface area contributed by atoms with E-state index in [0.717, 1.165) is 17.1 Å². The highest BCUT2D eigenvalue weighted by Crippen LogP contribution is 2.49. The molecule has 1 aromatic carbocycles. The number of carboxylic acid groups (broad SMARTS) is 1. The number of aliphatic carboxylic acids is 1. The van der Waals surface area contributed by atoms with Gasteiger partial charge in [0, 0.05) is 24.2 Å². The van der Waals surface area contributed by atoms with E-state index < -0.39 is 5.97 Å². The molecule has 0 unspecified atom stereocenters. The molecule has 1 aliphatic rings. The van der Waals surface area contributed by atoms with Gasteiger partial charge in [0.25, 0.3) is 0 Å². The first-order valence-corrected chi connectivity index (χ1v) is 9.54. The summed E-state index contributed by atoms with van der Waals surface area (Å²) in [5.74, 6) is -0.494. The van der Waals surface area contributed by atoms with Crippen LogP contribution in [0.3, 0.4) is 0 Å². The predicted molar refractivity (Wildman–Crippen MR) is 109 cm³/mol. The quantitative estimate of drug-likeness (QED) is 0.622. The van der Waals surface area contributed by atoms with E-state index in [1.54, 1.807) is 12.3 Å². The third-order valence-electron chi connectivity index (χ3n) is 4.95. The zero-order valence-corrected chi connectivity index (χ0v) is 16.1. The Morgan fingerprint density at radius 3 is 2.79 bits per heavy atom. The lowest BCUT2D eigenvalue weighted by Gasteiger charge is -2.09. The van der Waals surface area contributed by atoms with Gasteiger partial charge in [-0.2, -0.15) is 0 Å². The van der Waals surface area contributed by atoms with Crippen molar-refractivity contribution >= 4 is 23.4 Å². The molecule has 0 saturated heterocycles. The second-order valence-electron chi connectivity index (χ2n) is 7.13. The highest BCUT2D eigenvalue weighted by molar-refractivity contribution is 6.31. The Kier molecular flexibility index (Phi) is 5.01.